The molecule has 0 heterocycles. The normalized spacial score (nSPS) is 15.3. The molecule has 0 aliphatic heterocycles. The van der Waals surface area contributed by atoms with Crippen molar-refractivity contribution in [3.8, 4) is 0 Å². The fourth-order valence-corrected chi connectivity index (χ4v) is 2.16. The van der Waals surface area contributed by atoms with E-state index in [2.05, 4.69) is 0 Å². The monoisotopic (exact) mass is 316 g/mol. The summed E-state index contributed by atoms with van der Waals surface area (Å²) in [4.78, 5) is 0. The molecule has 1 aromatic carbocycles. The Balaban J connectivity index is 2.95. The van der Waals surface area contributed by atoms with Crippen molar-refractivity contribution in [2.24, 2.45) is 0 Å². The largest absolute Gasteiger partial charge is 0.508 e. The third-order valence-corrected chi connectivity index (χ3v) is 3.12. The maximum atomic E-state index is 9.46. The molecule has 1 N–H and O–H groups in total. The number of hydrogen-bond donors (Lipinski definition) is 1. The molecule has 1 atom stereocenters. The first-order chi connectivity index (χ1) is 8.95. The van der Waals surface area contributed by atoms with E-state index in [1.54, 1.807) is 30.4 Å². The van der Waals surface area contributed by atoms with Crippen molar-refractivity contribution in [1.29, 1.82) is 0 Å². The summed E-state index contributed by atoms with van der Waals surface area (Å²) >= 11 is 18.0. The van der Waals surface area contributed by atoms with Crippen LogP contribution < -0.4 is 0 Å². The molecule has 1 rings (SSSR count). The molecule has 0 fully saturated rings. The van der Waals surface area contributed by atoms with Gasteiger partial charge in [-0.15, -0.1) is 0 Å². The third kappa shape index (κ3) is 5.73. The SMILES string of the molecule is C\C=C/C(O)=C\C=C\C(c1ccccc1)C(Cl)(Cl)Cl. The Labute approximate surface area is 128 Å². The molecule has 19 heavy (non-hydrogen) atoms. The van der Waals surface area contributed by atoms with Gasteiger partial charge in [0, 0.05) is 5.92 Å². The Hall–Kier alpha value is -0.890. The van der Waals surface area contributed by atoms with Crippen molar-refractivity contribution >= 4 is 34.8 Å². The van der Waals surface area contributed by atoms with E-state index in [0.29, 0.717) is 0 Å². The van der Waals surface area contributed by atoms with Crippen LogP contribution in [0.1, 0.15) is 18.4 Å². The Morgan fingerprint density at radius 1 is 1.21 bits per heavy atom. The number of allylic oxidation sites excluding steroid dienone is 5. The first-order valence-corrected chi connectivity index (χ1v) is 6.90. The van der Waals surface area contributed by atoms with Crippen molar-refractivity contribution in [3.63, 3.8) is 0 Å². The van der Waals surface area contributed by atoms with Crippen LogP contribution in [0.15, 0.2) is 66.5 Å². The lowest BCUT2D eigenvalue weighted by Gasteiger charge is -2.21. The van der Waals surface area contributed by atoms with Gasteiger partial charge in [0.15, 0.2) is 0 Å². The highest BCUT2D eigenvalue weighted by atomic mass is 35.6. The summed E-state index contributed by atoms with van der Waals surface area (Å²) in [6.45, 7) is 1.82. The maximum absolute atomic E-state index is 9.46. The second kappa shape index (κ2) is 7.64. The van der Waals surface area contributed by atoms with Gasteiger partial charge in [-0.25, -0.2) is 0 Å². The van der Waals surface area contributed by atoms with Crippen LogP contribution in [0.25, 0.3) is 0 Å². The minimum Gasteiger partial charge on any atom is -0.508 e. The number of halogens is 3. The van der Waals surface area contributed by atoms with E-state index in [-0.39, 0.29) is 11.7 Å². The van der Waals surface area contributed by atoms with Crippen LogP contribution in [-0.2, 0) is 0 Å². The van der Waals surface area contributed by atoms with Crippen molar-refractivity contribution in [2.75, 3.05) is 0 Å². The van der Waals surface area contributed by atoms with Crippen LogP contribution in [0.2, 0.25) is 0 Å². The number of benzene rings is 1. The van der Waals surface area contributed by atoms with E-state index in [9.17, 15) is 5.11 Å². The molecule has 0 aliphatic carbocycles. The van der Waals surface area contributed by atoms with Crippen molar-refractivity contribution in [3.05, 3.63) is 72.0 Å². The van der Waals surface area contributed by atoms with Crippen LogP contribution >= 0.6 is 34.8 Å². The standard InChI is InChI=1S/C15H15Cl3O/c1-2-7-13(19)10-6-11-14(15(16,17)18)12-8-4-3-5-9-12/h2-11,14,19H,1H3/b7-2-,11-6+,13-10+. The van der Waals surface area contributed by atoms with Gasteiger partial charge in [0.25, 0.3) is 0 Å². The number of aliphatic hydroxyl groups excluding tert-OH is 1. The fraction of sp³-hybridized carbons (Fsp3) is 0.200. The Morgan fingerprint density at radius 2 is 1.84 bits per heavy atom. The topological polar surface area (TPSA) is 20.2 Å². The molecule has 1 nitrogen and oxygen atoms in total. The van der Waals surface area contributed by atoms with Gasteiger partial charge in [0.1, 0.15) is 5.76 Å². The lowest BCUT2D eigenvalue weighted by molar-refractivity contribution is 0.432. The third-order valence-electron chi connectivity index (χ3n) is 2.42. The van der Waals surface area contributed by atoms with Crippen LogP contribution in [-0.4, -0.2) is 8.90 Å². The van der Waals surface area contributed by atoms with Crippen molar-refractivity contribution in [2.45, 2.75) is 16.6 Å². The van der Waals surface area contributed by atoms with E-state index in [1.165, 1.54) is 0 Å². The van der Waals surface area contributed by atoms with Crippen LogP contribution in [0, 0.1) is 0 Å². The summed E-state index contributed by atoms with van der Waals surface area (Å²) in [5.74, 6) is -0.233. The molecular formula is C15H15Cl3O. The number of aliphatic hydroxyl groups is 1. The molecule has 0 aromatic heterocycles. The molecular weight excluding hydrogens is 303 g/mol. The second-order valence-electron chi connectivity index (χ2n) is 3.91. The van der Waals surface area contributed by atoms with Crippen molar-refractivity contribution in [1.82, 2.24) is 0 Å². The predicted octanol–water partition coefficient (Wildman–Crippen LogP) is 5.71. The molecule has 102 valence electrons. The van der Waals surface area contributed by atoms with Gasteiger partial charge in [0.05, 0.1) is 0 Å². The number of hydrogen-bond acceptors (Lipinski definition) is 1. The molecule has 0 amide bonds. The van der Waals surface area contributed by atoms with Gasteiger partial charge in [-0.1, -0.05) is 83.4 Å². The van der Waals surface area contributed by atoms with Crippen LogP contribution in [0.5, 0.6) is 0 Å². The average molecular weight is 318 g/mol. The van der Waals surface area contributed by atoms with E-state index in [1.807, 2.05) is 37.3 Å². The summed E-state index contributed by atoms with van der Waals surface area (Å²) in [7, 11) is 0. The zero-order chi connectivity index (χ0) is 14.3. The molecule has 1 aromatic rings. The summed E-state index contributed by atoms with van der Waals surface area (Å²) in [6, 6.07) is 9.47. The minimum absolute atomic E-state index is 0.148. The summed E-state index contributed by atoms with van der Waals surface area (Å²) in [5.41, 5.74) is 0.901. The molecule has 1 unspecified atom stereocenters. The van der Waals surface area contributed by atoms with Gasteiger partial charge < -0.3 is 5.11 Å². The maximum Gasteiger partial charge on any atom is 0.200 e. The Bertz CT molecular complexity index is 470. The summed E-state index contributed by atoms with van der Waals surface area (Å²) < 4.78 is -1.44. The lowest BCUT2D eigenvalue weighted by atomic mass is 10.00. The van der Waals surface area contributed by atoms with Gasteiger partial charge in [-0.05, 0) is 24.6 Å². The minimum atomic E-state index is -1.44. The molecule has 4 heteroatoms. The number of alkyl halides is 3. The molecule has 0 aliphatic rings. The molecule has 0 radical (unpaired) electrons. The highest BCUT2D eigenvalue weighted by Crippen LogP contribution is 2.42. The van der Waals surface area contributed by atoms with E-state index in [4.69, 9.17) is 34.8 Å². The smallest absolute Gasteiger partial charge is 0.200 e. The molecule has 0 saturated heterocycles. The molecule has 0 bridgehead atoms. The van der Waals surface area contributed by atoms with Gasteiger partial charge >= 0.3 is 0 Å². The summed E-state index contributed by atoms with van der Waals surface area (Å²) in [6.07, 6.45) is 8.30. The Kier molecular flexibility index (Phi) is 6.50. The lowest BCUT2D eigenvalue weighted by Crippen LogP contribution is -2.14. The zero-order valence-corrected chi connectivity index (χ0v) is 12.7. The van der Waals surface area contributed by atoms with Crippen molar-refractivity contribution < 1.29 is 5.11 Å². The number of rotatable bonds is 4. The molecule has 0 saturated carbocycles. The van der Waals surface area contributed by atoms with Gasteiger partial charge in [-0.3, -0.25) is 0 Å². The van der Waals surface area contributed by atoms with E-state index in [0.717, 1.165) is 5.56 Å². The van der Waals surface area contributed by atoms with E-state index < -0.39 is 3.79 Å². The van der Waals surface area contributed by atoms with Crippen LogP contribution in [0.3, 0.4) is 0 Å². The molecule has 0 spiro atoms. The Morgan fingerprint density at radius 3 is 2.37 bits per heavy atom. The van der Waals surface area contributed by atoms with Crippen LogP contribution in [0.4, 0.5) is 0 Å². The first kappa shape index (κ1) is 16.2. The average Bonchev–Trinajstić information content (AvgIpc) is 2.34. The first-order valence-electron chi connectivity index (χ1n) is 5.77. The zero-order valence-electron chi connectivity index (χ0n) is 10.4. The quantitative estimate of drug-likeness (QED) is 0.428. The highest BCUT2D eigenvalue weighted by Gasteiger charge is 2.31. The predicted molar refractivity (Wildman–Crippen MR) is 84.1 cm³/mol. The highest BCUT2D eigenvalue weighted by molar-refractivity contribution is 6.68. The van der Waals surface area contributed by atoms with E-state index >= 15 is 0 Å². The summed E-state index contributed by atoms with van der Waals surface area (Å²) in [5, 5.41) is 9.46. The fourth-order valence-electron chi connectivity index (χ4n) is 1.56. The van der Waals surface area contributed by atoms with Gasteiger partial charge in [0.2, 0.25) is 3.79 Å². The van der Waals surface area contributed by atoms with Gasteiger partial charge in [-0.2, -0.15) is 0 Å². The second-order valence-corrected chi connectivity index (χ2v) is 6.28.